The number of ether oxygens (including phenoxy) is 2. The fourth-order valence-corrected chi connectivity index (χ4v) is 4.39. The molecule has 3 aromatic rings. The van der Waals surface area contributed by atoms with E-state index in [1.54, 1.807) is 32.0 Å². The number of aliphatic hydroxyl groups excluding tert-OH is 2. The van der Waals surface area contributed by atoms with Gasteiger partial charge in [0.05, 0.1) is 24.4 Å². The van der Waals surface area contributed by atoms with E-state index >= 15 is 0 Å². The summed E-state index contributed by atoms with van der Waals surface area (Å²) in [6.07, 6.45) is -2.95. The number of carbonyl (C=O) groups is 1. The molecule has 0 saturated heterocycles. The van der Waals surface area contributed by atoms with Crippen LogP contribution in [-0.4, -0.2) is 61.5 Å². The first kappa shape index (κ1) is 29.6. The van der Waals surface area contributed by atoms with Gasteiger partial charge in [-0.1, -0.05) is 26.8 Å². The van der Waals surface area contributed by atoms with Crippen molar-refractivity contribution in [2.24, 2.45) is 0 Å². The highest BCUT2D eigenvalue weighted by molar-refractivity contribution is 5.88. The van der Waals surface area contributed by atoms with Gasteiger partial charge in [-0.2, -0.15) is 0 Å². The number of fused-ring (bicyclic) bond motifs is 2. The van der Waals surface area contributed by atoms with Crippen molar-refractivity contribution in [1.29, 1.82) is 0 Å². The summed E-state index contributed by atoms with van der Waals surface area (Å²) in [7, 11) is 0. The number of carbonyl (C=O) groups excluding carboxylic acids is 1. The van der Waals surface area contributed by atoms with Gasteiger partial charge in [-0.05, 0) is 48.1 Å². The predicted molar refractivity (Wildman–Crippen MR) is 136 cm³/mol. The van der Waals surface area contributed by atoms with Gasteiger partial charge in [0.25, 0.3) is 0 Å². The molecule has 1 unspecified atom stereocenters. The van der Waals surface area contributed by atoms with Crippen molar-refractivity contribution in [2.45, 2.75) is 69.4 Å². The number of alkyl halides is 2. The molecule has 1 aliphatic heterocycles. The first-order chi connectivity index (χ1) is 18.5. The van der Waals surface area contributed by atoms with E-state index < -0.39 is 36.1 Å². The zero-order valence-corrected chi connectivity index (χ0v) is 22.0. The average Bonchev–Trinajstić information content (AvgIpc) is 3.39. The van der Waals surface area contributed by atoms with Crippen LogP contribution in [0.15, 0.2) is 36.4 Å². The lowest BCUT2D eigenvalue weighted by Gasteiger charge is -2.28. The van der Waals surface area contributed by atoms with Crippen molar-refractivity contribution in [3.8, 4) is 11.5 Å². The molecule has 5 rings (SSSR count). The second-order valence-electron chi connectivity index (χ2n) is 10.9. The molecule has 2 heterocycles. The molecule has 1 atom stereocenters. The smallest absolute Gasteiger partial charge is 0.395 e. The average molecular weight is 569 g/mol. The molecule has 0 spiro atoms. The van der Waals surface area contributed by atoms with Gasteiger partial charge >= 0.3 is 12.3 Å². The Kier molecular flexibility index (Phi) is 7.58. The largest absolute Gasteiger partial charge is 0.586 e. The summed E-state index contributed by atoms with van der Waals surface area (Å²) in [4.78, 5) is 10.6. The van der Waals surface area contributed by atoms with E-state index in [2.05, 4.69) is 21.7 Å². The first-order valence-corrected chi connectivity index (χ1v) is 12.4. The Bertz CT molecular complexity index is 1410. The quantitative estimate of drug-likeness (QED) is 0.179. The Labute approximate surface area is 227 Å². The minimum atomic E-state index is -3.51. The maximum absolute atomic E-state index is 14.2. The molecule has 0 radical (unpaired) electrons. The van der Waals surface area contributed by atoms with E-state index in [1.807, 2.05) is 6.07 Å². The van der Waals surface area contributed by atoms with Crippen molar-refractivity contribution < 1.29 is 53.0 Å². The standard InChI is InChI=1S/C16H21FN2O6.C11H10F2O2/c1-15(2,7-20)13-4-9-3-11(18-8-21)10(17)5-12(9)19(13)6-14(22)16(23,24)25;1-10(4-5-10)7-2-3-8-9(6-7)15-11(12,13)14-8/h3-5,8,14,20,22-25H,6-7H2,1-2H3,(H,18,21);2-3,6H,4-5H2,1H3. The highest BCUT2D eigenvalue weighted by Crippen LogP contribution is 2.51. The molecule has 1 fully saturated rings. The van der Waals surface area contributed by atoms with Gasteiger partial charge in [0.2, 0.25) is 6.41 Å². The van der Waals surface area contributed by atoms with Gasteiger partial charge < -0.3 is 44.9 Å². The summed E-state index contributed by atoms with van der Waals surface area (Å²) < 4.78 is 49.7. The maximum Gasteiger partial charge on any atom is 0.586 e. The molecule has 2 aliphatic rings. The molecular weight excluding hydrogens is 537 g/mol. The number of nitrogens with one attached hydrogen (secondary N) is 1. The summed E-state index contributed by atoms with van der Waals surface area (Å²) in [5, 5.41) is 49.6. The monoisotopic (exact) mass is 568 g/mol. The van der Waals surface area contributed by atoms with E-state index in [9.17, 15) is 28.2 Å². The zero-order chi connectivity index (χ0) is 29.7. The van der Waals surface area contributed by atoms with Crippen molar-refractivity contribution in [1.82, 2.24) is 4.57 Å². The van der Waals surface area contributed by atoms with Crippen LogP contribution in [0, 0.1) is 5.82 Å². The summed E-state index contributed by atoms with van der Waals surface area (Å²) in [5.74, 6) is -3.81. The van der Waals surface area contributed by atoms with Crippen LogP contribution in [0.1, 0.15) is 44.9 Å². The second kappa shape index (κ2) is 10.2. The number of rotatable bonds is 8. The van der Waals surface area contributed by atoms with Crippen molar-refractivity contribution in [3.05, 3.63) is 53.5 Å². The molecule has 13 heteroatoms. The third-order valence-corrected chi connectivity index (χ3v) is 7.19. The highest BCUT2D eigenvalue weighted by atomic mass is 19.3. The van der Waals surface area contributed by atoms with Crippen LogP contribution in [0.5, 0.6) is 11.5 Å². The van der Waals surface area contributed by atoms with Crippen molar-refractivity contribution in [2.75, 3.05) is 11.9 Å². The van der Waals surface area contributed by atoms with Crippen LogP contribution in [-0.2, 0) is 22.2 Å². The van der Waals surface area contributed by atoms with E-state index in [4.69, 9.17) is 15.3 Å². The first-order valence-electron chi connectivity index (χ1n) is 12.4. The Morgan fingerprint density at radius 2 is 1.75 bits per heavy atom. The van der Waals surface area contributed by atoms with Gasteiger partial charge in [-0.3, -0.25) is 4.79 Å². The number of anilines is 1. The molecular formula is C27H31F3N2O8. The number of benzene rings is 2. The Morgan fingerprint density at radius 1 is 1.10 bits per heavy atom. The lowest BCUT2D eigenvalue weighted by molar-refractivity contribution is -0.356. The van der Waals surface area contributed by atoms with Gasteiger partial charge in [0.15, 0.2) is 17.6 Å². The van der Waals surface area contributed by atoms with Crippen LogP contribution in [0.4, 0.5) is 18.9 Å². The SMILES string of the molecule is CC(C)(CO)c1cc2cc(NC=O)c(F)cc2n1CC(O)C(O)(O)O.CC1(c2ccc3c(c2)OC(F)(F)O3)CC1. The summed E-state index contributed by atoms with van der Waals surface area (Å²) >= 11 is 0. The maximum atomic E-state index is 14.2. The molecule has 10 nitrogen and oxygen atoms in total. The van der Waals surface area contributed by atoms with Crippen LogP contribution >= 0.6 is 0 Å². The molecule has 1 aliphatic carbocycles. The summed E-state index contributed by atoms with van der Waals surface area (Å²) in [6, 6.07) is 9.15. The zero-order valence-electron chi connectivity index (χ0n) is 22.0. The normalized spacial score (nSPS) is 17.7. The van der Waals surface area contributed by atoms with E-state index in [0.717, 1.165) is 24.5 Å². The number of hydrogen-bond donors (Lipinski definition) is 6. The van der Waals surface area contributed by atoms with Gasteiger partial charge in [0.1, 0.15) is 5.82 Å². The number of aromatic nitrogens is 1. The Balaban J connectivity index is 0.000000208. The van der Waals surface area contributed by atoms with Gasteiger partial charge in [0, 0.05) is 22.6 Å². The topological polar surface area (TPSA) is 154 Å². The molecule has 1 saturated carbocycles. The van der Waals surface area contributed by atoms with Gasteiger partial charge in [-0.25, -0.2) is 4.39 Å². The van der Waals surface area contributed by atoms with Crippen LogP contribution in [0.25, 0.3) is 10.9 Å². The molecule has 2 aromatic carbocycles. The number of nitrogens with zero attached hydrogens (tertiary/aromatic N) is 1. The molecule has 1 amide bonds. The third-order valence-electron chi connectivity index (χ3n) is 7.19. The Morgan fingerprint density at radius 3 is 2.33 bits per heavy atom. The lowest BCUT2D eigenvalue weighted by atomic mass is 9.90. The number of amides is 1. The van der Waals surface area contributed by atoms with E-state index in [1.165, 1.54) is 10.6 Å². The molecule has 0 bridgehead atoms. The number of aliphatic hydroxyl groups is 5. The minimum absolute atomic E-state index is 0.0469. The lowest BCUT2D eigenvalue weighted by Crippen LogP contribution is -2.45. The summed E-state index contributed by atoms with van der Waals surface area (Å²) in [6.45, 7) is 4.78. The van der Waals surface area contributed by atoms with E-state index in [0.29, 0.717) is 17.5 Å². The number of halogens is 3. The predicted octanol–water partition coefficient (Wildman–Crippen LogP) is 2.67. The molecule has 1 aromatic heterocycles. The fourth-order valence-electron chi connectivity index (χ4n) is 4.39. The van der Waals surface area contributed by atoms with Crippen LogP contribution in [0.2, 0.25) is 0 Å². The fraction of sp³-hybridized carbons (Fsp3) is 0.444. The second-order valence-corrected chi connectivity index (χ2v) is 10.9. The summed E-state index contributed by atoms with van der Waals surface area (Å²) in [5.41, 5.74) is 1.09. The molecule has 6 N–H and O–H groups in total. The molecule has 40 heavy (non-hydrogen) atoms. The van der Waals surface area contributed by atoms with Crippen LogP contribution in [0.3, 0.4) is 0 Å². The minimum Gasteiger partial charge on any atom is -0.395 e. The highest BCUT2D eigenvalue weighted by Gasteiger charge is 2.45. The van der Waals surface area contributed by atoms with E-state index in [-0.39, 0.29) is 34.7 Å². The molecule has 218 valence electrons. The number of hydrogen-bond acceptors (Lipinski definition) is 8. The third kappa shape index (κ3) is 6.03. The van der Waals surface area contributed by atoms with Gasteiger partial charge in [-0.15, -0.1) is 8.78 Å². The van der Waals surface area contributed by atoms with Crippen molar-refractivity contribution in [3.63, 3.8) is 0 Å². The Hall–Kier alpha value is -3.36. The van der Waals surface area contributed by atoms with Crippen molar-refractivity contribution >= 4 is 23.0 Å². The van der Waals surface area contributed by atoms with Crippen LogP contribution < -0.4 is 14.8 Å².